The fraction of sp³-hybridized carbons (Fsp3) is 0.533. The fourth-order valence-corrected chi connectivity index (χ4v) is 4.94. The van der Waals surface area contributed by atoms with Crippen LogP contribution in [-0.2, 0) is 9.59 Å². The van der Waals surface area contributed by atoms with Gasteiger partial charge in [-0.05, 0) is 25.2 Å². The summed E-state index contributed by atoms with van der Waals surface area (Å²) in [7, 11) is 0. The Morgan fingerprint density at radius 2 is 1.92 bits per heavy atom. The molecule has 25 heavy (non-hydrogen) atoms. The Morgan fingerprint density at radius 1 is 1.16 bits per heavy atom. The highest BCUT2D eigenvalue weighted by Crippen LogP contribution is 2.43. The highest BCUT2D eigenvalue weighted by Gasteiger charge is 2.30. The Hall–Kier alpha value is -1.94. The smallest absolute Gasteiger partial charge is 0.223 e. The van der Waals surface area contributed by atoms with Crippen LogP contribution in [0.5, 0.6) is 0 Å². The van der Waals surface area contributed by atoms with Crippen LogP contribution in [0.15, 0.2) is 16.2 Å². The number of rotatable bonds is 3. The standard InChI is InChI=1S/C15H20N6O2S2/c1-8(22)17-14-20-16-7-12(24-14)10-4-3-5-11(6-10)13-19-21-15(25-13)18-9(2)23/h7,10-11,16H,3-6H2,1-2H3,(H,17,20,22)(H,18,21,23)/t10?,11-/m1/s1. The normalized spacial score (nSPS) is 23.1. The van der Waals surface area contributed by atoms with Crippen LogP contribution >= 0.6 is 23.1 Å². The second kappa shape index (κ2) is 7.96. The summed E-state index contributed by atoms with van der Waals surface area (Å²) in [5.41, 5.74) is 2.89. The second-order valence-corrected chi connectivity index (χ2v) is 8.13. The van der Waals surface area contributed by atoms with Crippen molar-refractivity contribution in [2.45, 2.75) is 45.4 Å². The lowest BCUT2D eigenvalue weighted by Crippen LogP contribution is -2.30. The van der Waals surface area contributed by atoms with Gasteiger partial charge in [-0.15, -0.1) is 10.2 Å². The molecule has 2 atom stereocenters. The lowest BCUT2D eigenvalue weighted by atomic mass is 9.81. The molecule has 0 bridgehead atoms. The molecule has 0 spiro atoms. The third-order valence-electron chi connectivity index (χ3n) is 4.02. The molecule has 1 unspecified atom stereocenters. The summed E-state index contributed by atoms with van der Waals surface area (Å²) >= 11 is 2.95. The van der Waals surface area contributed by atoms with Crippen molar-refractivity contribution in [1.82, 2.24) is 20.9 Å². The van der Waals surface area contributed by atoms with Crippen LogP contribution in [0.25, 0.3) is 0 Å². The molecule has 1 saturated carbocycles. The predicted octanol–water partition coefficient (Wildman–Crippen LogP) is 2.36. The minimum atomic E-state index is -0.135. The third kappa shape index (κ3) is 4.79. The lowest BCUT2D eigenvalue weighted by molar-refractivity contribution is -0.117. The van der Waals surface area contributed by atoms with E-state index in [1.807, 2.05) is 6.20 Å². The van der Waals surface area contributed by atoms with E-state index in [4.69, 9.17) is 0 Å². The fourth-order valence-electron chi connectivity index (χ4n) is 3.00. The summed E-state index contributed by atoms with van der Waals surface area (Å²) in [5.74, 6) is 0.464. The molecular formula is C15H20N6O2S2. The molecule has 1 aromatic heterocycles. The number of anilines is 1. The van der Waals surface area contributed by atoms with Crippen molar-refractivity contribution >= 4 is 45.2 Å². The number of aromatic nitrogens is 2. The first-order valence-corrected chi connectivity index (χ1v) is 9.74. The van der Waals surface area contributed by atoms with Gasteiger partial charge in [0.25, 0.3) is 0 Å². The van der Waals surface area contributed by atoms with Gasteiger partial charge in [-0.1, -0.05) is 29.5 Å². The van der Waals surface area contributed by atoms with E-state index >= 15 is 0 Å². The Kier molecular flexibility index (Phi) is 5.69. The van der Waals surface area contributed by atoms with Gasteiger partial charge in [-0.2, -0.15) is 5.10 Å². The Labute approximate surface area is 153 Å². The maximum absolute atomic E-state index is 11.2. The third-order valence-corrected chi connectivity index (χ3v) is 6.09. The minimum absolute atomic E-state index is 0.129. The maximum atomic E-state index is 11.2. The van der Waals surface area contributed by atoms with Gasteiger partial charge in [0.15, 0.2) is 5.17 Å². The van der Waals surface area contributed by atoms with Gasteiger partial charge in [0.05, 0.1) is 0 Å². The molecule has 2 amide bonds. The van der Waals surface area contributed by atoms with Crippen molar-refractivity contribution in [1.29, 1.82) is 0 Å². The molecule has 0 radical (unpaired) electrons. The maximum Gasteiger partial charge on any atom is 0.223 e. The first-order valence-electron chi connectivity index (χ1n) is 8.11. The van der Waals surface area contributed by atoms with E-state index in [9.17, 15) is 9.59 Å². The van der Waals surface area contributed by atoms with Crippen LogP contribution in [0.4, 0.5) is 5.13 Å². The van der Waals surface area contributed by atoms with E-state index in [1.165, 1.54) is 41.9 Å². The van der Waals surface area contributed by atoms with E-state index < -0.39 is 0 Å². The molecule has 0 aromatic carbocycles. The van der Waals surface area contributed by atoms with E-state index in [-0.39, 0.29) is 11.8 Å². The van der Waals surface area contributed by atoms with Crippen molar-refractivity contribution in [3.05, 3.63) is 16.1 Å². The number of amidine groups is 1. The zero-order valence-electron chi connectivity index (χ0n) is 14.0. The number of amides is 2. The van der Waals surface area contributed by atoms with Crippen LogP contribution in [0.2, 0.25) is 0 Å². The number of hydrogen-bond acceptors (Lipinski definition) is 8. The molecule has 1 aromatic rings. The van der Waals surface area contributed by atoms with Crippen LogP contribution in [-0.4, -0.2) is 27.2 Å². The molecule has 3 N–H and O–H groups in total. The van der Waals surface area contributed by atoms with Gasteiger partial charge in [0.1, 0.15) is 5.01 Å². The number of hydrazone groups is 1. The average molecular weight is 380 g/mol. The zero-order chi connectivity index (χ0) is 17.8. The topological polar surface area (TPSA) is 108 Å². The summed E-state index contributed by atoms with van der Waals surface area (Å²) in [6.45, 7) is 2.94. The SMILES string of the molecule is CC(=O)NC1=NNC=C(C2CCC[C@@H](c3nnc(NC(C)=O)s3)C2)S1. The van der Waals surface area contributed by atoms with Gasteiger partial charge in [-0.3, -0.25) is 15.0 Å². The summed E-state index contributed by atoms with van der Waals surface area (Å²) in [6, 6.07) is 0. The molecule has 2 aliphatic rings. The van der Waals surface area contributed by atoms with Gasteiger partial charge in [-0.25, -0.2) is 0 Å². The zero-order valence-corrected chi connectivity index (χ0v) is 15.7. The van der Waals surface area contributed by atoms with Crippen LogP contribution < -0.4 is 16.1 Å². The monoisotopic (exact) mass is 380 g/mol. The summed E-state index contributed by atoms with van der Waals surface area (Å²) < 4.78 is 0. The number of nitrogens with one attached hydrogen (secondary N) is 3. The molecule has 10 heteroatoms. The lowest BCUT2D eigenvalue weighted by Gasteiger charge is -2.30. The van der Waals surface area contributed by atoms with Crippen LogP contribution in [0.1, 0.15) is 50.5 Å². The number of nitrogens with zero attached hydrogens (tertiary/aromatic N) is 3. The van der Waals surface area contributed by atoms with Gasteiger partial charge >= 0.3 is 0 Å². The van der Waals surface area contributed by atoms with Crippen LogP contribution in [0, 0.1) is 5.92 Å². The molecule has 1 aliphatic carbocycles. The largest absolute Gasteiger partial charge is 0.304 e. The Bertz CT molecular complexity index is 729. The number of allylic oxidation sites excluding steroid dienone is 1. The van der Waals surface area contributed by atoms with E-state index in [1.54, 1.807) is 0 Å². The molecule has 1 fully saturated rings. The number of hydrogen-bond donors (Lipinski definition) is 3. The molecule has 2 heterocycles. The van der Waals surface area contributed by atoms with Crippen LogP contribution in [0.3, 0.4) is 0 Å². The van der Waals surface area contributed by atoms with Gasteiger partial charge < -0.3 is 10.6 Å². The van der Waals surface area contributed by atoms with Crippen molar-refractivity contribution < 1.29 is 9.59 Å². The number of thioether (sulfide) groups is 1. The van der Waals surface area contributed by atoms with Crippen molar-refractivity contribution in [2.75, 3.05) is 5.32 Å². The first-order chi connectivity index (χ1) is 12.0. The van der Waals surface area contributed by atoms with Gasteiger partial charge in [0, 0.05) is 30.9 Å². The van der Waals surface area contributed by atoms with Crippen molar-refractivity contribution in [3.63, 3.8) is 0 Å². The number of carbonyl (C=O) groups excluding carboxylic acids is 2. The predicted molar refractivity (Wildman–Crippen MR) is 99.0 cm³/mol. The van der Waals surface area contributed by atoms with E-state index in [2.05, 4.69) is 31.4 Å². The summed E-state index contributed by atoms with van der Waals surface area (Å²) in [4.78, 5) is 23.5. The molecule has 3 rings (SSSR count). The Balaban J connectivity index is 1.63. The highest BCUT2D eigenvalue weighted by atomic mass is 32.2. The van der Waals surface area contributed by atoms with E-state index in [0.717, 1.165) is 30.7 Å². The summed E-state index contributed by atoms with van der Waals surface area (Å²) in [6.07, 6.45) is 6.16. The molecule has 0 saturated heterocycles. The van der Waals surface area contributed by atoms with Gasteiger partial charge in [0.2, 0.25) is 16.9 Å². The number of carbonyl (C=O) groups is 2. The molecular weight excluding hydrogens is 360 g/mol. The van der Waals surface area contributed by atoms with Crippen molar-refractivity contribution in [2.24, 2.45) is 11.0 Å². The first kappa shape index (κ1) is 17.9. The quantitative estimate of drug-likeness (QED) is 0.743. The van der Waals surface area contributed by atoms with Crippen molar-refractivity contribution in [3.8, 4) is 0 Å². The average Bonchev–Trinajstić information content (AvgIpc) is 3.02. The molecule has 1 aliphatic heterocycles. The Morgan fingerprint density at radius 3 is 2.68 bits per heavy atom. The summed E-state index contributed by atoms with van der Waals surface area (Å²) in [5, 5.41) is 19.9. The van der Waals surface area contributed by atoms with E-state index in [0.29, 0.717) is 22.1 Å². The highest BCUT2D eigenvalue weighted by molar-refractivity contribution is 8.17. The molecule has 8 nitrogen and oxygen atoms in total. The second-order valence-electron chi connectivity index (χ2n) is 6.06. The molecule has 134 valence electrons. The minimum Gasteiger partial charge on any atom is -0.304 e.